The molecule has 0 aliphatic carbocycles. The molecule has 1 N–H and O–H groups in total. The summed E-state index contributed by atoms with van der Waals surface area (Å²) >= 11 is 3.35. The summed E-state index contributed by atoms with van der Waals surface area (Å²) in [7, 11) is 1.56. The molecule has 1 aromatic heterocycles. The summed E-state index contributed by atoms with van der Waals surface area (Å²) in [5.41, 5.74) is 0.389. The van der Waals surface area contributed by atoms with Gasteiger partial charge in [0.25, 0.3) is 0 Å². The fourth-order valence-electron chi connectivity index (χ4n) is 1.50. The van der Waals surface area contributed by atoms with Gasteiger partial charge in [0.15, 0.2) is 0 Å². The SMILES string of the molecule is COc1cc(Br)ccc1-n1c(C)n[nH]c1=O. The van der Waals surface area contributed by atoms with Crippen LogP contribution in [0.25, 0.3) is 5.69 Å². The van der Waals surface area contributed by atoms with Crippen LogP contribution in [0.2, 0.25) is 0 Å². The lowest BCUT2D eigenvalue weighted by atomic mass is 10.3. The van der Waals surface area contributed by atoms with Crippen LogP contribution in [0.3, 0.4) is 0 Å². The summed E-state index contributed by atoms with van der Waals surface area (Å²) in [5, 5.41) is 6.24. The number of ether oxygens (including phenoxy) is 1. The van der Waals surface area contributed by atoms with Gasteiger partial charge in [-0.05, 0) is 25.1 Å². The van der Waals surface area contributed by atoms with Crippen molar-refractivity contribution in [3.8, 4) is 11.4 Å². The minimum Gasteiger partial charge on any atom is -0.495 e. The van der Waals surface area contributed by atoms with Gasteiger partial charge in [-0.2, -0.15) is 5.10 Å². The van der Waals surface area contributed by atoms with Crippen molar-refractivity contribution in [1.82, 2.24) is 14.8 Å². The zero-order valence-corrected chi connectivity index (χ0v) is 10.4. The lowest BCUT2D eigenvalue weighted by Gasteiger charge is -2.09. The molecule has 2 aromatic rings. The molecular weight excluding hydrogens is 274 g/mol. The maximum absolute atomic E-state index is 11.6. The van der Waals surface area contributed by atoms with E-state index in [9.17, 15) is 4.79 Å². The summed E-state index contributed by atoms with van der Waals surface area (Å²) < 4.78 is 7.58. The molecule has 6 heteroatoms. The van der Waals surface area contributed by atoms with Gasteiger partial charge in [0.2, 0.25) is 0 Å². The van der Waals surface area contributed by atoms with Gasteiger partial charge < -0.3 is 4.74 Å². The first kappa shape index (κ1) is 10.9. The van der Waals surface area contributed by atoms with Gasteiger partial charge in [0, 0.05) is 4.47 Å². The predicted molar refractivity (Wildman–Crippen MR) is 63.2 cm³/mol. The molecule has 0 amide bonds. The molecule has 0 saturated carbocycles. The summed E-state index contributed by atoms with van der Waals surface area (Å²) in [4.78, 5) is 11.6. The van der Waals surface area contributed by atoms with E-state index in [1.54, 1.807) is 26.2 Å². The number of methoxy groups -OCH3 is 1. The number of halogens is 1. The molecule has 5 nitrogen and oxygen atoms in total. The van der Waals surface area contributed by atoms with Gasteiger partial charge in [-0.1, -0.05) is 15.9 Å². The molecule has 0 aliphatic rings. The van der Waals surface area contributed by atoms with E-state index >= 15 is 0 Å². The third-order valence-corrected chi connectivity index (χ3v) is 2.72. The van der Waals surface area contributed by atoms with Gasteiger partial charge >= 0.3 is 5.69 Å². The van der Waals surface area contributed by atoms with Crippen molar-refractivity contribution in [3.63, 3.8) is 0 Å². The minimum absolute atomic E-state index is 0.280. The van der Waals surface area contributed by atoms with Crippen molar-refractivity contribution >= 4 is 15.9 Å². The number of aromatic amines is 1. The van der Waals surface area contributed by atoms with E-state index in [0.29, 0.717) is 17.3 Å². The number of hydrogen-bond acceptors (Lipinski definition) is 3. The Kier molecular flexibility index (Phi) is 2.82. The fourth-order valence-corrected chi connectivity index (χ4v) is 1.84. The first-order valence-electron chi connectivity index (χ1n) is 4.61. The van der Waals surface area contributed by atoms with Crippen LogP contribution in [-0.4, -0.2) is 21.9 Å². The van der Waals surface area contributed by atoms with Crippen molar-refractivity contribution in [2.75, 3.05) is 7.11 Å². The Morgan fingerprint density at radius 2 is 2.25 bits per heavy atom. The second kappa shape index (κ2) is 4.13. The van der Waals surface area contributed by atoms with Crippen LogP contribution in [0.15, 0.2) is 27.5 Å². The van der Waals surface area contributed by atoms with Gasteiger partial charge in [-0.25, -0.2) is 14.5 Å². The van der Waals surface area contributed by atoms with Gasteiger partial charge in [-0.3, -0.25) is 0 Å². The van der Waals surface area contributed by atoms with Crippen molar-refractivity contribution in [3.05, 3.63) is 39.0 Å². The number of H-pyrrole nitrogens is 1. The summed E-state index contributed by atoms with van der Waals surface area (Å²) in [6.07, 6.45) is 0. The standard InChI is InChI=1S/C10H10BrN3O2/c1-6-12-13-10(15)14(6)8-4-3-7(11)5-9(8)16-2/h3-5H,1-2H3,(H,13,15). The third-order valence-electron chi connectivity index (χ3n) is 2.22. The molecule has 0 unspecified atom stereocenters. The summed E-state index contributed by atoms with van der Waals surface area (Å²) in [6, 6.07) is 5.44. The van der Waals surface area contributed by atoms with Crippen molar-refractivity contribution in [1.29, 1.82) is 0 Å². The lowest BCUT2D eigenvalue weighted by molar-refractivity contribution is 0.412. The number of aromatic nitrogens is 3. The van der Waals surface area contributed by atoms with Gasteiger partial charge in [0.05, 0.1) is 12.8 Å². The Hall–Kier alpha value is -1.56. The van der Waals surface area contributed by atoms with E-state index in [1.165, 1.54) is 4.57 Å². The first-order valence-corrected chi connectivity index (χ1v) is 5.40. The quantitative estimate of drug-likeness (QED) is 0.912. The Balaban J connectivity index is 2.69. The zero-order valence-electron chi connectivity index (χ0n) is 8.82. The molecule has 16 heavy (non-hydrogen) atoms. The average molecular weight is 284 g/mol. The molecule has 0 bridgehead atoms. The Labute approximate surface area is 100 Å². The minimum atomic E-state index is -0.280. The Bertz CT molecular complexity index is 574. The van der Waals surface area contributed by atoms with Gasteiger partial charge in [0.1, 0.15) is 11.6 Å². The highest BCUT2D eigenvalue weighted by atomic mass is 79.9. The molecule has 0 saturated heterocycles. The second-order valence-corrected chi connectivity index (χ2v) is 4.14. The number of nitrogens with zero attached hydrogens (tertiary/aromatic N) is 2. The lowest BCUT2D eigenvalue weighted by Crippen LogP contribution is -2.16. The van der Waals surface area contributed by atoms with Crippen LogP contribution in [-0.2, 0) is 0 Å². The predicted octanol–water partition coefficient (Wildman–Crippen LogP) is 1.64. The fraction of sp³-hybridized carbons (Fsp3) is 0.200. The molecular formula is C10H10BrN3O2. The maximum Gasteiger partial charge on any atom is 0.348 e. The van der Waals surface area contributed by atoms with Crippen LogP contribution in [0.5, 0.6) is 5.75 Å². The van der Waals surface area contributed by atoms with E-state index < -0.39 is 0 Å². The topological polar surface area (TPSA) is 59.9 Å². The normalized spacial score (nSPS) is 10.4. The highest BCUT2D eigenvalue weighted by molar-refractivity contribution is 9.10. The molecule has 0 atom stereocenters. The molecule has 0 radical (unpaired) electrons. The van der Waals surface area contributed by atoms with E-state index in [2.05, 4.69) is 26.1 Å². The van der Waals surface area contributed by atoms with Crippen LogP contribution in [0, 0.1) is 6.92 Å². The Morgan fingerprint density at radius 1 is 1.50 bits per heavy atom. The number of benzene rings is 1. The van der Waals surface area contributed by atoms with E-state index in [-0.39, 0.29) is 5.69 Å². The van der Waals surface area contributed by atoms with Crippen molar-refractivity contribution in [2.24, 2.45) is 0 Å². The van der Waals surface area contributed by atoms with E-state index in [4.69, 9.17) is 4.74 Å². The van der Waals surface area contributed by atoms with Gasteiger partial charge in [-0.15, -0.1) is 0 Å². The molecule has 0 fully saturated rings. The van der Waals surface area contributed by atoms with Crippen LogP contribution in [0.1, 0.15) is 5.82 Å². The highest BCUT2D eigenvalue weighted by Crippen LogP contribution is 2.26. The average Bonchev–Trinajstić information content (AvgIpc) is 2.59. The highest BCUT2D eigenvalue weighted by Gasteiger charge is 2.11. The number of hydrogen-bond donors (Lipinski definition) is 1. The van der Waals surface area contributed by atoms with Crippen LogP contribution >= 0.6 is 15.9 Å². The molecule has 1 heterocycles. The second-order valence-electron chi connectivity index (χ2n) is 3.23. The third kappa shape index (κ3) is 1.76. The smallest absolute Gasteiger partial charge is 0.348 e. The van der Waals surface area contributed by atoms with Crippen LogP contribution in [0.4, 0.5) is 0 Å². The zero-order chi connectivity index (χ0) is 11.7. The monoisotopic (exact) mass is 283 g/mol. The molecule has 0 aliphatic heterocycles. The van der Waals surface area contributed by atoms with E-state index in [0.717, 1.165) is 4.47 Å². The molecule has 0 spiro atoms. The molecule has 2 rings (SSSR count). The molecule has 84 valence electrons. The van der Waals surface area contributed by atoms with Crippen LogP contribution < -0.4 is 10.4 Å². The number of aryl methyl sites for hydroxylation is 1. The number of nitrogens with one attached hydrogen (secondary N) is 1. The maximum atomic E-state index is 11.6. The largest absolute Gasteiger partial charge is 0.495 e. The first-order chi connectivity index (χ1) is 7.63. The van der Waals surface area contributed by atoms with Crippen molar-refractivity contribution in [2.45, 2.75) is 6.92 Å². The summed E-state index contributed by atoms with van der Waals surface area (Å²) in [5.74, 6) is 1.20. The molecule has 1 aromatic carbocycles. The van der Waals surface area contributed by atoms with Crippen molar-refractivity contribution < 1.29 is 4.74 Å². The Morgan fingerprint density at radius 3 is 2.81 bits per heavy atom. The van der Waals surface area contributed by atoms with E-state index in [1.807, 2.05) is 6.07 Å². The summed E-state index contributed by atoms with van der Waals surface area (Å²) in [6.45, 7) is 1.75. The number of rotatable bonds is 2.